The Kier molecular flexibility index (Phi) is 11.0. The third kappa shape index (κ3) is 6.88. The maximum Gasteiger partial charge on any atom is 0.306 e. The second-order valence-corrected chi connectivity index (χ2v) is 20.0. The Hall–Kier alpha value is -3.02. The van der Waals surface area contributed by atoms with Crippen molar-refractivity contribution in [1.29, 1.82) is 0 Å². The summed E-state index contributed by atoms with van der Waals surface area (Å²) < 4.78 is 16.9. The van der Waals surface area contributed by atoms with Crippen LogP contribution in [-0.2, 0) is 32.2 Å². The van der Waals surface area contributed by atoms with Crippen LogP contribution in [0.25, 0.3) is 0 Å². The van der Waals surface area contributed by atoms with E-state index in [4.69, 9.17) is 9.47 Å². The topological polar surface area (TPSA) is 60.4 Å². The number of allylic oxidation sites excluding steroid dienone is 1. The Morgan fingerprint density at radius 3 is 1.94 bits per heavy atom. The minimum absolute atomic E-state index is 0.0198. The summed E-state index contributed by atoms with van der Waals surface area (Å²) in [6.07, 6.45) is 22.5. The van der Waals surface area contributed by atoms with Crippen molar-refractivity contribution in [3.8, 4) is 0 Å². The Labute approximate surface area is 326 Å². The molecule has 294 valence electrons. The van der Waals surface area contributed by atoms with Crippen LogP contribution in [-0.4, -0.2) is 24.6 Å². The molecule has 0 N–H and O–H groups in total. The number of fused-ring (bicyclic) bond motifs is 7. The van der Waals surface area contributed by atoms with E-state index in [0.29, 0.717) is 49.0 Å². The van der Waals surface area contributed by atoms with E-state index < -0.39 is 0 Å². The standard InChI is InChI=1S/C48H70N2O4/c1-35(2)36-20-25-48(34-53-41(51)16-14-32-49-28-10-8-11-29-49)27-26-46(6)37(43(36)48)18-19-39-45(5)23-22-40(44(3,4)38(45)21-24-47(39,46)7)54-42(52)17-15-33-50-30-12-9-13-31-50/h8-13,28-31,36-40,43H,1,14-27,32-34H2,2-7H3/q+2/t36-,37?,38?,39?,40-,43?,45-,46+,47+,48+/m0/s1. The zero-order valence-electron chi connectivity index (χ0n) is 34.5. The monoisotopic (exact) mass is 739 g/mol. The third-order valence-electron chi connectivity index (χ3n) is 17.1. The minimum atomic E-state index is -0.0577. The summed E-state index contributed by atoms with van der Waals surface area (Å²) in [4.78, 5) is 26.4. The summed E-state index contributed by atoms with van der Waals surface area (Å²) in [5.74, 6) is 2.76. The molecule has 2 heterocycles. The molecule has 6 nitrogen and oxygen atoms in total. The Morgan fingerprint density at radius 2 is 1.31 bits per heavy atom. The van der Waals surface area contributed by atoms with Gasteiger partial charge in [-0.15, -0.1) is 0 Å². The fourth-order valence-electron chi connectivity index (χ4n) is 14.2. The van der Waals surface area contributed by atoms with Crippen LogP contribution < -0.4 is 9.13 Å². The number of rotatable bonds is 12. The molecular weight excluding hydrogens is 669 g/mol. The Bertz CT molecular complexity index is 1660. The molecule has 0 aromatic carbocycles. The first kappa shape index (κ1) is 39.2. The molecule has 0 radical (unpaired) electrons. The fourth-order valence-corrected chi connectivity index (χ4v) is 14.2. The maximum absolute atomic E-state index is 13.2. The zero-order chi connectivity index (χ0) is 38.4. The van der Waals surface area contributed by atoms with Crippen molar-refractivity contribution in [1.82, 2.24) is 0 Å². The van der Waals surface area contributed by atoms with Gasteiger partial charge in [-0.1, -0.05) is 58.9 Å². The van der Waals surface area contributed by atoms with Crippen molar-refractivity contribution < 1.29 is 28.2 Å². The van der Waals surface area contributed by atoms with Gasteiger partial charge in [-0.3, -0.25) is 9.59 Å². The van der Waals surface area contributed by atoms with Crippen LogP contribution >= 0.6 is 0 Å². The van der Waals surface area contributed by atoms with Crippen LogP contribution in [0.3, 0.4) is 0 Å². The predicted octanol–water partition coefficient (Wildman–Crippen LogP) is 9.63. The number of hydrogen-bond donors (Lipinski definition) is 0. The number of esters is 2. The van der Waals surface area contributed by atoms with Gasteiger partial charge < -0.3 is 9.47 Å². The molecule has 5 aliphatic rings. The van der Waals surface area contributed by atoms with Crippen LogP contribution in [0.2, 0.25) is 0 Å². The molecule has 10 atom stereocenters. The van der Waals surface area contributed by atoms with E-state index in [1.165, 1.54) is 44.1 Å². The second-order valence-electron chi connectivity index (χ2n) is 20.0. The predicted molar refractivity (Wildman–Crippen MR) is 212 cm³/mol. The molecule has 5 fully saturated rings. The first-order chi connectivity index (χ1) is 25.7. The SMILES string of the molecule is C=C(C)[C@@H]1CC[C@]2(COC(=O)CCC[n+]3ccccc3)CC[C@]3(C)C(CCC4[C@@]5(C)CC[C@H](OC(=O)CCC[n+]6ccccc6)C(C)(C)C5CC[C@]43C)C12. The van der Waals surface area contributed by atoms with Crippen LogP contribution in [0, 0.1) is 56.7 Å². The Morgan fingerprint density at radius 1 is 0.685 bits per heavy atom. The molecular formula is C48H70N2O4+2. The summed E-state index contributed by atoms with van der Waals surface area (Å²) in [6.45, 7) is 21.9. The van der Waals surface area contributed by atoms with Gasteiger partial charge in [0.2, 0.25) is 0 Å². The van der Waals surface area contributed by atoms with Gasteiger partial charge in [0, 0.05) is 47.9 Å². The highest BCUT2D eigenvalue weighted by Crippen LogP contribution is 2.77. The lowest BCUT2D eigenvalue weighted by Crippen LogP contribution is -2.67. The number of hydrogen-bond acceptors (Lipinski definition) is 4. The molecule has 5 saturated carbocycles. The number of ether oxygens (including phenoxy) is 2. The largest absolute Gasteiger partial charge is 0.465 e. The van der Waals surface area contributed by atoms with Gasteiger partial charge in [0.25, 0.3) is 0 Å². The van der Waals surface area contributed by atoms with Crippen molar-refractivity contribution in [3.05, 3.63) is 73.3 Å². The molecule has 0 spiro atoms. The molecule has 2 aromatic heterocycles. The fraction of sp³-hybridized carbons (Fsp3) is 0.708. The van der Waals surface area contributed by atoms with Crippen molar-refractivity contribution >= 4 is 11.9 Å². The summed E-state index contributed by atoms with van der Waals surface area (Å²) in [6, 6.07) is 12.2. The lowest BCUT2D eigenvalue weighted by atomic mass is 9.32. The van der Waals surface area contributed by atoms with E-state index in [0.717, 1.165) is 51.6 Å². The molecule has 54 heavy (non-hydrogen) atoms. The summed E-state index contributed by atoms with van der Waals surface area (Å²) in [5.41, 5.74) is 2.04. The highest BCUT2D eigenvalue weighted by atomic mass is 16.5. The van der Waals surface area contributed by atoms with E-state index >= 15 is 0 Å². The minimum Gasteiger partial charge on any atom is -0.465 e. The number of aryl methyl sites for hydroxylation is 2. The smallest absolute Gasteiger partial charge is 0.306 e. The normalized spacial score (nSPS) is 37.9. The highest BCUT2D eigenvalue weighted by Gasteiger charge is 2.71. The van der Waals surface area contributed by atoms with Crippen LogP contribution in [0.1, 0.15) is 131 Å². The summed E-state index contributed by atoms with van der Waals surface area (Å²) in [7, 11) is 0. The van der Waals surface area contributed by atoms with Gasteiger partial charge in [0.05, 0.1) is 19.4 Å². The van der Waals surface area contributed by atoms with Crippen molar-refractivity contribution in [3.63, 3.8) is 0 Å². The number of carbonyl (C=O) groups excluding carboxylic acids is 2. The van der Waals surface area contributed by atoms with Gasteiger partial charge in [0.1, 0.15) is 19.2 Å². The summed E-state index contributed by atoms with van der Waals surface area (Å²) in [5, 5.41) is 0. The molecule has 5 aliphatic carbocycles. The second kappa shape index (κ2) is 15.1. The first-order valence-corrected chi connectivity index (χ1v) is 21.6. The number of aromatic nitrogens is 2. The molecule has 0 amide bonds. The van der Waals surface area contributed by atoms with E-state index in [2.05, 4.69) is 82.0 Å². The highest BCUT2D eigenvalue weighted by molar-refractivity contribution is 5.69. The molecule has 4 unspecified atom stereocenters. The zero-order valence-corrected chi connectivity index (χ0v) is 34.5. The van der Waals surface area contributed by atoms with Gasteiger partial charge in [-0.25, -0.2) is 9.13 Å². The van der Waals surface area contributed by atoms with E-state index in [1.807, 2.05) is 36.4 Å². The number of nitrogens with zero attached hydrogens (tertiary/aromatic N) is 2. The average Bonchev–Trinajstić information content (AvgIpc) is 3.53. The molecule has 0 bridgehead atoms. The molecule has 0 saturated heterocycles. The average molecular weight is 739 g/mol. The lowest BCUT2D eigenvalue weighted by molar-refractivity contribution is -0.697. The van der Waals surface area contributed by atoms with Crippen LogP contribution in [0.15, 0.2) is 73.3 Å². The van der Waals surface area contributed by atoms with Crippen molar-refractivity contribution in [2.24, 2.45) is 56.7 Å². The molecule has 7 rings (SSSR count). The van der Waals surface area contributed by atoms with Crippen LogP contribution in [0.5, 0.6) is 0 Å². The quantitative estimate of drug-likeness (QED) is 0.124. The van der Waals surface area contributed by atoms with E-state index in [-0.39, 0.29) is 45.1 Å². The van der Waals surface area contributed by atoms with Crippen molar-refractivity contribution in [2.45, 2.75) is 151 Å². The Balaban J connectivity index is 1.03. The number of pyridine rings is 2. The number of carbonyl (C=O) groups is 2. The maximum atomic E-state index is 13.2. The molecule has 2 aromatic rings. The van der Waals surface area contributed by atoms with E-state index in [9.17, 15) is 9.59 Å². The molecule has 0 aliphatic heterocycles. The van der Waals surface area contributed by atoms with Gasteiger partial charge in [0.15, 0.2) is 24.8 Å². The van der Waals surface area contributed by atoms with Crippen molar-refractivity contribution in [2.75, 3.05) is 6.61 Å². The first-order valence-electron chi connectivity index (χ1n) is 21.6. The third-order valence-corrected chi connectivity index (χ3v) is 17.1. The van der Waals surface area contributed by atoms with Crippen LogP contribution in [0.4, 0.5) is 0 Å². The lowest BCUT2D eigenvalue weighted by Gasteiger charge is -2.73. The molecule has 6 heteroatoms. The van der Waals surface area contributed by atoms with Gasteiger partial charge >= 0.3 is 11.9 Å². The van der Waals surface area contributed by atoms with Gasteiger partial charge in [-0.05, 0) is 117 Å². The van der Waals surface area contributed by atoms with Gasteiger partial charge in [-0.2, -0.15) is 0 Å². The van der Waals surface area contributed by atoms with E-state index in [1.54, 1.807) is 0 Å². The summed E-state index contributed by atoms with van der Waals surface area (Å²) >= 11 is 0.